The number of amides is 1. The number of carbonyl (C=O) groups is 1. The molecule has 23 heavy (non-hydrogen) atoms. The molecule has 0 aromatic heterocycles. The van der Waals surface area contributed by atoms with Crippen molar-refractivity contribution < 1.29 is 14.6 Å². The lowest BCUT2D eigenvalue weighted by atomic mass is 9.98. The van der Waals surface area contributed by atoms with E-state index in [0.717, 1.165) is 16.8 Å². The van der Waals surface area contributed by atoms with Gasteiger partial charge in [0.25, 0.3) is 0 Å². The van der Waals surface area contributed by atoms with E-state index in [9.17, 15) is 9.90 Å². The first kappa shape index (κ1) is 15.2. The lowest BCUT2D eigenvalue weighted by Crippen LogP contribution is -2.24. The summed E-state index contributed by atoms with van der Waals surface area (Å²) < 4.78 is 5.06. The van der Waals surface area contributed by atoms with E-state index in [-0.39, 0.29) is 17.6 Å². The Balaban J connectivity index is 1.86. The number of hydrogen-bond donors (Lipinski definition) is 2. The molecule has 0 spiro atoms. The lowest BCUT2D eigenvalue weighted by molar-refractivity contribution is -0.117. The molecule has 5 heteroatoms. The number of methoxy groups -OCH3 is 1. The van der Waals surface area contributed by atoms with Crippen LogP contribution in [0.1, 0.15) is 23.5 Å². The molecule has 0 unspecified atom stereocenters. The third kappa shape index (κ3) is 2.95. The number of phenolic OH excluding ortho intramolecular Hbond substituents is 1. The number of nitrogens with two attached hydrogens (primary N) is 1. The molecule has 1 saturated heterocycles. The van der Waals surface area contributed by atoms with Gasteiger partial charge in [-0.15, -0.1) is 0 Å². The Labute approximate surface area is 135 Å². The third-order valence-electron chi connectivity index (χ3n) is 4.20. The largest absolute Gasteiger partial charge is 0.504 e. The van der Waals surface area contributed by atoms with Crippen LogP contribution >= 0.6 is 0 Å². The fraction of sp³-hybridized carbons (Fsp3) is 0.278. The van der Waals surface area contributed by atoms with Gasteiger partial charge in [-0.3, -0.25) is 4.79 Å². The first-order valence-corrected chi connectivity index (χ1v) is 7.52. The number of nitrogens with zero attached hydrogens (tertiary/aromatic N) is 1. The lowest BCUT2D eigenvalue weighted by Gasteiger charge is -2.18. The molecule has 1 fully saturated rings. The maximum Gasteiger partial charge on any atom is 0.227 e. The number of rotatable bonds is 3. The Morgan fingerprint density at radius 1 is 1.26 bits per heavy atom. The Kier molecular flexibility index (Phi) is 3.86. The second kappa shape index (κ2) is 5.83. The minimum atomic E-state index is 0.0426. The number of benzene rings is 2. The molecule has 1 atom stereocenters. The standard InChI is InChI=1S/C18H20N2O3/c1-11-5-14(19)9-15(6-11)20-10-13(8-18(20)22)12-3-4-17(23-2)16(21)7-12/h3-7,9,13,21H,8,10,19H2,1-2H3/t13-/m0/s1. The zero-order valence-corrected chi connectivity index (χ0v) is 13.2. The summed E-state index contributed by atoms with van der Waals surface area (Å²) in [4.78, 5) is 14.1. The minimum absolute atomic E-state index is 0.0426. The summed E-state index contributed by atoms with van der Waals surface area (Å²) in [6.07, 6.45) is 0.416. The van der Waals surface area contributed by atoms with Crippen molar-refractivity contribution in [1.29, 1.82) is 0 Å². The van der Waals surface area contributed by atoms with Crippen molar-refractivity contribution in [3.05, 3.63) is 47.5 Å². The number of anilines is 2. The van der Waals surface area contributed by atoms with Gasteiger partial charge >= 0.3 is 0 Å². The highest BCUT2D eigenvalue weighted by Crippen LogP contribution is 2.36. The van der Waals surface area contributed by atoms with E-state index >= 15 is 0 Å². The van der Waals surface area contributed by atoms with Gasteiger partial charge < -0.3 is 20.5 Å². The van der Waals surface area contributed by atoms with E-state index in [1.54, 1.807) is 17.0 Å². The van der Waals surface area contributed by atoms with Gasteiger partial charge in [-0.1, -0.05) is 6.07 Å². The van der Waals surface area contributed by atoms with Crippen LogP contribution in [0.2, 0.25) is 0 Å². The maximum atomic E-state index is 12.4. The number of phenols is 1. The van der Waals surface area contributed by atoms with Crippen LogP contribution in [0, 0.1) is 6.92 Å². The molecule has 0 aliphatic carbocycles. The zero-order valence-electron chi connectivity index (χ0n) is 13.2. The predicted octanol–water partition coefficient (Wildman–Crippen LogP) is 2.81. The van der Waals surface area contributed by atoms with E-state index in [4.69, 9.17) is 10.5 Å². The van der Waals surface area contributed by atoms with Crippen molar-refractivity contribution in [2.45, 2.75) is 19.3 Å². The molecule has 120 valence electrons. The van der Waals surface area contributed by atoms with E-state index in [1.165, 1.54) is 7.11 Å². The normalized spacial score (nSPS) is 17.6. The number of nitrogen functional groups attached to an aromatic ring is 1. The topological polar surface area (TPSA) is 75.8 Å². The van der Waals surface area contributed by atoms with Crippen LogP contribution in [0.5, 0.6) is 11.5 Å². The summed E-state index contributed by atoms with van der Waals surface area (Å²) in [7, 11) is 1.51. The molecular formula is C18H20N2O3. The van der Waals surface area contributed by atoms with E-state index < -0.39 is 0 Å². The van der Waals surface area contributed by atoms with Gasteiger partial charge in [0, 0.05) is 30.3 Å². The van der Waals surface area contributed by atoms with Crippen LogP contribution in [0.4, 0.5) is 11.4 Å². The van der Waals surface area contributed by atoms with Gasteiger partial charge in [0.2, 0.25) is 5.91 Å². The SMILES string of the molecule is COc1ccc([C@H]2CC(=O)N(c3cc(C)cc(N)c3)C2)cc1O. The molecule has 0 saturated carbocycles. The molecule has 3 N–H and O–H groups in total. The number of hydrogen-bond acceptors (Lipinski definition) is 4. The van der Waals surface area contributed by atoms with Gasteiger partial charge in [-0.2, -0.15) is 0 Å². The molecule has 5 nitrogen and oxygen atoms in total. The molecule has 0 bridgehead atoms. The van der Waals surface area contributed by atoms with Crippen LogP contribution in [0.15, 0.2) is 36.4 Å². The second-order valence-corrected chi connectivity index (χ2v) is 5.94. The monoisotopic (exact) mass is 312 g/mol. The minimum Gasteiger partial charge on any atom is -0.504 e. The summed E-state index contributed by atoms with van der Waals surface area (Å²) in [6.45, 7) is 2.53. The van der Waals surface area contributed by atoms with Gasteiger partial charge in [-0.25, -0.2) is 0 Å². The molecular weight excluding hydrogens is 292 g/mol. The van der Waals surface area contributed by atoms with Crippen LogP contribution in [0.25, 0.3) is 0 Å². The molecule has 0 radical (unpaired) electrons. The zero-order chi connectivity index (χ0) is 16.6. The quantitative estimate of drug-likeness (QED) is 0.855. The molecule has 1 aliphatic heterocycles. The van der Waals surface area contributed by atoms with Crippen LogP contribution < -0.4 is 15.4 Å². The Morgan fingerprint density at radius 3 is 2.70 bits per heavy atom. The van der Waals surface area contributed by atoms with Crippen LogP contribution in [-0.4, -0.2) is 24.7 Å². The molecule has 2 aromatic rings. The predicted molar refractivity (Wildman–Crippen MR) is 90.0 cm³/mol. The summed E-state index contributed by atoms with van der Waals surface area (Å²) in [5.74, 6) is 0.633. The number of ether oxygens (including phenoxy) is 1. The van der Waals surface area contributed by atoms with Crippen LogP contribution in [-0.2, 0) is 4.79 Å². The highest BCUT2D eigenvalue weighted by Gasteiger charge is 2.32. The van der Waals surface area contributed by atoms with E-state index in [0.29, 0.717) is 24.4 Å². The van der Waals surface area contributed by atoms with E-state index in [1.807, 2.05) is 31.2 Å². The second-order valence-electron chi connectivity index (χ2n) is 5.94. The number of aryl methyl sites for hydroxylation is 1. The molecule has 2 aromatic carbocycles. The average molecular weight is 312 g/mol. The average Bonchev–Trinajstić information content (AvgIpc) is 2.88. The molecule has 3 rings (SSSR count). The Bertz CT molecular complexity index is 738. The van der Waals surface area contributed by atoms with Crippen molar-refractivity contribution >= 4 is 17.3 Å². The van der Waals surface area contributed by atoms with Gasteiger partial charge in [0.15, 0.2) is 11.5 Å². The van der Waals surface area contributed by atoms with Crippen molar-refractivity contribution in [3.63, 3.8) is 0 Å². The summed E-state index contributed by atoms with van der Waals surface area (Å²) in [6, 6.07) is 10.9. The van der Waals surface area contributed by atoms with Crippen molar-refractivity contribution in [1.82, 2.24) is 0 Å². The van der Waals surface area contributed by atoms with Gasteiger partial charge in [0.05, 0.1) is 7.11 Å². The smallest absolute Gasteiger partial charge is 0.227 e. The third-order valence-corrected chi connectivity index (χ3v) is 4.20. The van der Waals surface area contributed by atoms with E-state index in [2.05, 4.69) is 0 Å². The Hall–Kier alpha value is -2.69. The van der Waals surface area contributed by atoms with Crippen molar-refractivity contribution in [3.8, 4) is 11.5 Å². The van der Waals surface area contributed by atoms with Crippen molar-refractivity contribution in [2.24, 2.45) is 0 Å². The number of carbonyl (C=O) groups excluding carboxylic acids is 1. The highest BCUT2D eigenvalue weighted by atomic mass is 16.5. The van der Waals surface area contributed by atoms with Gasteiger partial charge in [0.1, 0.15) is 0 Å². The Morgan fingerprint density at radius 2 is 2.04 bits per heavy atom. The first-order chi connectivity index (χ1) is 11.0. The molecule has 1 aliphatic rings. The molecule has 1 amide bonds. The number of aromatic hydroxyl groups is 1. The van der Waals surface area contributed by atoms with Crippen LogP contribution in [0.3, 0.4) is 0 Å². The summed E-state index contributed by atoms with van der Waals surface area (Å²) in [5, 5.41) is 9.93. The first-order valence-electron chi connectivity index (χ1n) is 7.52. The summed E-state index contributed by atoms with van der Waals surface area (Å²) in [5.41, 5.74) is 9.32. The fourth-order valence-electron chi connectivity index (χ4n) is 3.09. The maximum absolute atomic E-state index is 12.4. The van der Waals surface area contributed by atoms with Gasteiger partial charge in [-0.05, 0) is 48.4 Å². The fourth-order valence-corrected chi connectivity index (χ4v) is 3.09. The molecule has 1 heterocycles. The summed E-state index contributed by atoms with van der Waals surface area (Å²) >= 11 is 0. The van der Waals surface area contributed by atoms with Crippen molar-refractivity contribution in [2.75, 3.05) is 24.3 Å². The highest BCUT2D eigenvalue weighted by molar-refractivity contribution is 5.97.